The molecule has 0 fully saturated rings. The molecule has 66 valence electrons. The molecule has 0 radical (unpaired) electrons. The third kappa shape index (κ3) is 1.50. The maximum absolute atomic E-state index is 12.2. The molecule has 0 saturated carbocycles. The Labute approximate surface area is 68.4 Å². The molecule has 12 heavy (non-hydrogen) atoms. The normalized spacial score (nSPS) is 10.7. The number of pyridine rings is 1. The summed E-state index contributed by atoms with van der Waals surface area (Å²) in [5.41, 5.74) is 10.8. The van der Waals surface area contributed by atoms with Crippen LogP contribution < -0.4 is 11.5 Å². The minimum absolute atomic E-state index is 0.0145. The summed E-state index contributed by atoms with van der Waals surface area (Å²) in [6.07, 6.45) is -1.37. The number of alkyl halides is 2. The summed E-state index contributed by atoms with van der Waals surface area (Å²) in [6, 6.07) is 1.45. The number of nitrogens with two attached hydrogens (primary N) is 2. The van der Waals surface area contributed by atoms with E-state index in [0.29, 0.717) is 0 Å². The Morgan fingerprint density at radius 2 is 2.17 bits per heavy atom. The molecular weight excluding hydrogens is 164 g/mol. The fourth-order valence-electron chi connectivity index (χ4n) is 0.935. The van der Waals surface area contributed by atoms with E-state index in [1.807, 2.05) is 0 Å². The molecule has 1 aromatic heterocycles. The first-order valence-corrected chi connectivity index (χ1v) is 3.38. The van der Waals surface area contributed by atoms with Crippen molar-refractivity contribution >= 4 is 5.69 Å². The number of aromatic nitrogens is 1. The van der Waals surface area contributed by atoms with Crippen molar-refractivity contribution in [3.05, 3.63) is 23.5 Å². The third-order valence-electron chi connectivity index (χ3n) is 1.54. The zero-order valence-electron chi connectivity index (χ0n) is 6.30. The van der Waals surface area contributed by atoms with Crippen LogP contribution >= 0.6 is 0 Å². The molecular formula is C7H9F2N3. The van der Waals surface area contributed by atoms with Crippen LogP contribution in [0.1, 0.15) is 17.7 Å². The fourth-order valence-corrected chi connectivity index (χ4v) is 0.935. The lowest BCUT2D eigenvalue weighted by Gasteiger charge is -2.07. The average Bonchev–Trinajstić information content (AvgIpc) is 2.03. The number of hydrogen-bond donors (Lipinski definition) is 2. The highest BCUT2D eigenvalue weighted by Crippen LogP contribution is 2.23. The SMILES string of the molecule is NCc1c(N)ccnc1C(F)F. The van der Waals surface area contributed by atoms with E-state index in [-0.39, 0.29) is 23.5 Å². The molecule has 1 rings (SSSR count). The van der Waals surface area contributed by atoms with Crippen molar-refractivity contribution < 1.29 is 8.78 Å². The van der Waals surface area contributed by atoms with Gasteiger partial charge in [-0.15, -0.1) is 0 Å². The van der Waals surface area contributed by atoms with E-state index in [0.717, 1.165) is 0 Å². The zero-order chi connectivity index (χ0) is 9.14. The van der Waals surface area contributed by atoms with Gasteiger partial charge in [-0.25, -0.2) is 8.78 Å². The van der Waals surface area contributed by atoms with E-state index in [1.54, 1.807) is 0 Å². The maximum Gasteiger partial charge on any atom is 0.280 e. The lowest BCUT2D eigenvalue weighted by atomic mass is 10.1. The van der Waals surface area contributed by atoms with Gasteiger partial charge >= 0.3 is 0 Å². The van der Waals surface area contributed by atoms with E-state index >= 15 is 0 Å². The molecule has 0 unspecified atom stereocenters. The smallest absolute Gasteiger partial charge is 0.280 e. The Balaban J connectivity index is 3.18. The van der Waals surface area contributed by atoms with Crippen LogP contribution in [0.25, 0.3) is 0 Å². The van der Waals surface area contributed by atoms with E-state index in [2.05, 4.69) is 4.98 Å². The molecule has 0 amide bonds. The van der Waals surface area contributed by atoms with Gasteiger partial charge in [-0.05, 0) is 6.07 Å². The minimum Gasteiger partial charge on any atom is -0.398 e. The Morgan fingerprint density at radius 3 is 2.58 bits per heavy atom. The third-order valence-corrected chi connectivity index (χ3v) is 1.54. The number of rotatable bonds is 2. The number of hydrogen-bond acceptors (Lipinski definition) is 3. The van der Waals surface area contributed by atoms with Gasteiger partial charge in [0.2, 0.25) is 0 Å². The van der Waals surface area contributed by atoms with Gasteiger partial charge in [0.15, 0.2) is 0 Å². The largest absolute Gasteiger partial charge is 0.398 e. The molecule has 0 aliphatic heterocycles. The highest BCUT2D eigenvalue weighted by Gasteiger charge is 2.14. The molecule has 0 aliphatic rings. The lowest BCUT2D eigenvalue weighted by molar-refractivity contribution is 0.145. The predicted octanol–water partition coefficient (Wildman–Crippen LogP) is 1.06. The summed E-state index contributed by atoms with van der Waals surface area (Å²) in [5, 5.41) is 0. The Bertz CT molecular complexity index is 275. The van der Waals surface area contributed by atoms with Crippen LogP contribution in [0.2, 0.25) is 0 Å². The summed E-state index contributed by atoms with van der Waals surface area (Å²) >= 11 is 0. The summed E-state index contributed by atoms with van der Waals surface area (Å²) in [4.78, 5) is 3.50. The van der Waals surface area contributed by atoms with Crippen LogP contribution in [0.15, 0.2) is 12.3 Å². The first-order valence-electron chi connectivity index (χ1n) is 3.38. The molecule has 0 aliphatic carbocycles. The van der Waals surface area contributed by atoms with Crippen molar-refractivity contribution in [1.29, 1.82) is 0 Å². The molecule has 1 aromatic rings. The molecule has 4 N–H and O–H groups in total. The number of anilines is 1. The second-order valence-corrected chi connectivity index (χ2v) is 2.27. The Kier molecular flexibility index (Phi) is 2.54. The van der Waals surface area contributed by atoms with Crippen molar-refractivity contribution in [1.82, 2.24) is 4.98 Å². The van der Waals surface area contributed by atoms with Crippen molar-refractivity contribution in [2.45, 2.75) is 13.0 Å². The highest BCUT2D eigenvalue weighted by molar-refractivity contribution is 5.48. The quantitative estimate of drug-likeness (QED) is 0.702. The van der Waals surface area contributed by atoms with Crippen molar-refractivity contribution in [2.75, 3.05) is 5.73 Å². The van der Waals surface area contributed by atoms with Crippen LogP contribution in [-0.4, -0.2) is 4.98 Å². The van der Waals surface area contributed by atoms with Crippen LogP contribution in [-0.2, 0) is 6.54 Å². The van der Waals surface area contributed by atoms with E-state index in [4.69, 9.17) is 11.5 Å². The van der Waals surface area contributed by atoms with Gasteiger partial charge in [0, 0.05) is 24.0 Å². The van der Waals surface area contributed by atoms with Crippen LogP contribution in [0.4, 0.5) is 14.5 Å². The van der Waals surface area contributed by atoms with Gasteiger partial charge in [0.25, 0.3) is 6.43 Å². The number of nitrogens with zero attached hydrogens (tertiary/aromatic N) is 1. The standard InChI is InChI=1S/C7H9F2N3/c8-7(9)6-4(3-10)5(11)1-2-12-6/h1-2,7H,3,10H2,(H2,11,12). The molecule has 0 saturated heterocycles. The lowest BCUT2D eigenvalue weighted by Crippen LogP contribution is -2.07. The molecule has 0 aromatic carbocycles. The van der Waals surface area contributed by atoms with Crippen molar-refractivity contribution in [3.8, 4) is 0 Å². The van der Waals surface area contributed by atoms with Gasteiger partial charge in [0.1, 0.15) is 5.69 Å². The van der Waals surface area contributed by atoms with E-state index in [9.17, 15) is 8.78 Å². The second kappa shape index (κ2) is 3.44. The topological polar surface area (TPSA) is 64.9 Å². The van der Waals surface area contributed by atoms with Gasteiger partial charge < -0.3 is 11.5 Å². The Morgan fingerprint density at radius 1 is 1.50 bits per heavy atom. The molecule has 1 heterocycles. The van der Waals surface area contributed by atoms with Crippen LogP contribution in [0.5, 0.6) is 0 Å². The van der Waals surface area contributed by atoms with E-state index < -0.39 is 6.43 Å². The Hall–Kier alpha value is -1.23. The fraction of sp³-hybridized carbons (Fsp3) is 0.286. The van der Waals surface area contributed by atoms with Gasteiger partial charge in [-0.1, -0.05) is 0 Å². The van der Waals surface area contributed by atoms with Crippen LogP contribution in [0.3, 0.4) is 0 Å². The first-order chi connectivity index (χ1) is 5.66. The zero-order valence-corrected chi connectivity index (χ0v) is 6.30. The molecule has 0 spiro atoms. The molecule has 0 atom stereocenters. The monoisotopic (exact) mass is 173 g/mol. The molecule has 3 nitrogen and oxygen atoms in total. The number of nitrogen functional groups attached to an aromatic ring is 1. The highest BCUT2D eigenvalue weighted by atomic mass is 19.3. The summed E-state index contributed by atoms with van der Waals surface area (Å²) in [5.74, 6) is 0. The summed E-state index contributed by atoms with van der Waals surface area (Å²) in [7, 11) is 0. The summed E-state index contributed by atoms with van der Waals surface area (Å²) in [6.45, 7) is -0.0145. The predicted molar refractivity (Wildman–Crippen MR) is 41.5 cm³/mol. The second-order valence-electron chi connectivity index (χ2n) is 2.27. The van der Waals surface area contributed by atoms with Crippen molar-refractivity contribution in [3.63, 3.8) is 0 Å². The maximum atomic E-state index is 12.2. The number of halogens is 2. The van der Waals surface area contributed by atoms with Gasteiger partial charge in [0.05, 0.1) is 0 Å². The first kappa shape index (κ1) is 8.86. The summed E-state index contributed by atoms with van der Waals surface area (Å²) < 4.78 is 24.4. The van der Waals surface area contributed by atoms with Gasteiger partial charge in [-0.2, -0.15) is 0 Å². The molecule has 0 bridgehead atoms. The van der Waals surface area contributed by atoms with Gasteiger partial charge in [-0.3, -0.25) is 4.98 Å². The van der Waals surface area contributed by atoms with Crippen LogP contribution in [0, 0.1) is 0 Å². The molecule has 5 heteroatoms. The minimum atomic E-state index is -2.62. The van der Waals surface area contributed by atoms with E-state index in [1.165, 1.54) is 12.3 Å². The van der Waals surface area contributed by atoms with Crippen molar-refractivity contribution in [2.24, 2.45) is 5.73 Å². The average molecular weight is 173 g/mol.